The number of allylic oxidation sites excluding steroid dienone is 4. The first-order valence-electron chi connectivity index (χ1n) is 17.3. The molecule has 0 aliphatic carbocycles. The number of hydrogen-bond acceptors (Lipinski definition) is 3. The Labute approximate surface area is 269 Å². The molecule has 3 heteroatoms. The molecule has 0 saturated carbocycles. The molecule has 44 heavy (non-hydrogen) atoms. The lowest BCUT2D eigenvalue weighted by molar-refractivity contribution is 0.0730. The Hall–Kier alpha value is -3.07. The normalized spacial score (nSPS) is 12.6. The van der Waals surface area contributed by atoms with E-state index >= 15 is 0 Å². The molecule has 3 nitrogen and oxygen atoms in total. The highest BCUT2D eigenvalue weighted by Gasteiger charge is 2.19. The smallest absolute Gasteiger partial charge is 0.347 e. The summed E-state index contributed by atoms with van der Waals surface area (Å²) < 4.78 is 11.4. The highest BCUT2D eigenvalue weighted by Crippen LogP contribution is 2.29. The molecule has 0 spiro atoms. The van der Waals surface area contributed by atoms with Crippen molar-refractivity contribution in [3.8, 4) is 11.5 Å². The zero-order valence-electron chi connectivity index (χ0n) is 28.6. The Balaban J connectivity index is 1.85. The molecule has 0 fully saturated rings. The average molecular weight is 601 g/mol. The van der Waals surface area contributed by atoms with Crippen LogP contribution in [0.25, 0.3) is 6.08 Å². The second kappa shape index (κ2) is 21.6. The molecule has 2 aromatic carbocycles. The van der Waals surface area contributed by atoms with Crippen LogP contribution in [0, 0.1) is 5.41 Å². The van der Waals surface area contributed by atoms with Crippen LogP contribution in [0.3, 0.4) is 0 Å². The minimum absolute atomic E-state index is 0.0788. The number of hydrogen-bond donors (Lipinski definition) is 0. The number of methoxy groups -OCH3 is 1. The summed E-state index contributed by atoms with van der Waals surface area (Å²) in [5, 5.41) is 0. The number of benzene rings is 2. The summed E-state index contributed by atoms with van der Waals surface area (Å²) in [6.07, 6.45) is 28.7. The Bertz CT molecular complexity index is 1150. The second-order valence-corrected chi connectivity index (χ2v) is 12.8. The van der Waals surface area contributed by atoms with Gasteiger partial charge in [-0.1, -0.05) is 145 Å². The average Bonchev–Trinajstić information content (AvgIpc) is 3.02. The van der Waals surface area contributed by atoms with Gasteiger partial charge >= 0.3 is 5.97 Å². The highest BCUT2D eigenvalue weighted by atomic mass is 16.5. The molecule has 0 N–H and O–H groups in total. The van der Waals surface area contributed by atoms with E-state index in [1.807, 2.05) is 48.5 Å². The van der Waals surface area contributed by atoms with Gasteiger partial charge in [-0.15, -0.1) is 6.58 Å². The minimum Gasteiger partial charge on any atom is -0.496 e. The van der Waals surface area contributed by atoms with E-state index < -0.39 is 0 Å². The van der Waals surface area contributed by atoms with Gasteiger partial charge in [0, 0.05) is 5.41 Å². The zero-order valence-corrected chi connectivity index (χ0v) is 28.6. The standard InChI is InChI=1S/C41H60O3/c1-7-9-10-11-12-13-14-15-16-17-18-19-20-24-36-25-21-26-38(43-6)39(36)40(42)44-37-29-27-35(28-30-37)31-33-41(5,8-2)32-22-23-34(3)4/h8,21,23,25-31,33H,2,7,9-20,22,24,32H2,1,3-6H3/t41-/m1/s1. The van der Waals surface area contributed by atoms with Gasteiger partial charge < -0.3 is 9.47 Å². The van der Waals surface area contributed by atoms with Crippen molar-refractivity contribution in [1.29, 1.82) is 0 Å². The molecule has 0 radical (unpaired) electrons. The second-order valence-electron chi connectivity index (χ2n) is 12.8. The molecule has 2 aromatic rings. The van der Waals surface area contributed by atoms with Crippen LogP contribution in [0.5, 0.6) is 11.5 Å². The first-order chi connectivity index (χ1) is 21.3. The number of aryl methyl sites for hydroxylation is 1. The van der Waals surface area contributed by atoms with Crippen molar-refractivity contribution in [3.05, 3.63) is 89.5 Å². The van der Waals surface area contributed by atoms with Crippen molar-refractivity contribution >= 4 is 12.0 Å². The molecular formula is C41H60O3. The number of ether oxygens (including phenoxy) is 2. The fraction of sp³-hybridized carbons (Fsp3) is 0.537. The predicted molar refractivity (Wildman–Crippen MR) is 190 cm³/mol. The summed E-state index contributed by atoms with van der Waals surface area (Å²) in [5.41, 5.74) is 3.85. The summed E-state index contributed by atoms with van der Waals surface area (Å²) in [6, 6.07) is 13.5. The molecular weight excluding hydrogens is 540 g/mol. The maximum atomic E-state index is 13.3. The van der Waals surface area contributed by atoms with Crippen molar-refractivity contribution < 1.29 is 14.3 Å². The van der Waals surface area contributed by atoms with Crippen LogP contribution in [0.2, 0.25) is 0 Å². The van der Waals surface area contributed by atoms with Crippen molar-refractivity contribution in [3.63, 3.8) is 0 Å². The van der Waals surface area contributed by atoms with E-state index in [0.717, 1.165) is 36.8 Å². The lowest BCUT2D eigenvalue weighted by Crippen LogP contribution is -2.13. The monoisotopic (exact) mass is 600 g/mol. The molecule has 0 aromatic heterocycles. The Morgan fingerprint density at radius 1 is 0.841 bits per heavy atom. The van der Waals surface area contributed by atoms with Gasteiger partial charge in [-0.05, 0) is 68.9 Å². The fourth-order valence-corrected chi connectivity index (χ4v) is 5.54. The van der Waals surface area contributed by atoms with Crippen molar-refractivity contribution in [1.82, 2.24) is 0 Å². The SMILES string of the molecule is C=C[C@@](C)(C=Cc1ccc(OC(=O)c2c(CCCCCCCCCCCCCCC)cccc2OC)cc1)CCC=C(C)C. The predicted octanol–water partition coefficient (Wildman–Crippen LogP) is 12.5. The highest BCUT2D eigenvalue weighted by molar-refractivity contribution is 5.95. The van der Waals surface area contributed by atoms with Gasteiger partial charge in [-0.2, -0.15) is 0 Å². The Morgan fingerprint density at radius 3 is 1.98 bits per heavy atom. The van der Waals surface area contributed by atoms with Gasteiger partial charge in [0.15, 0.2) is 0 Å². The molecule has 1 atom stereocenters. The van der Waals surface area contributed by atoms with Crippen LogP contribution in [0.4, 0.5) is 0 Å². The fourth-order valence-electron chi connectivity index (χ4n) is 5.54. The third-order valence-corrected chi connectivity index (χ3v) is 8.54. The largest absolute Gasteiger partial charge is 0.496 e. The first kappa shape index (κ1) is 37.1. The van der Waals surface area contributed by atoms with E-state index in [1.54, 1.807) is 7.11 Å². The van der Waals surface area contributed by atoms with E-state index in [2.05, 4.69) is 52.5 Å². The van der Waals surface area contributed by atoms with Gasteiger partial charge in [0.1, 0.15) is 17.1 Å². The number of unbranched alkanes of at least 4 members (excludes halogenated alkanes) is 12. The van der Waals surface area contributed by atoms with Crippen molar-refractivity contribution in [2.45, 2.75) is 130 Å². The molecule has 0 amide bonds. The molecule has 0 bridgehead atoms. The molecule has 0 unspecified atom stereocenters. The van der Waals surface area contributed by atoms with Crippen LogP contribution in [-0.4, -0.2) is 13.1 Å². The van der Waals surface area contributed by atoms with E-state index in [0.29, 0.717) is 17.1 Å². The summed E-state index contributed by atoms with van der Waals surface area (Å²) >= 11 is 0. The molecule has 0 saturated heterocycles. The van der Waals surface area contributed by atoms with Gasteiger partial charge in [0.2, 0.25) is 0 Å². The number of esters is 1. The van der Waals surface area contributed by atoms with E-state index in [9.17, 15) is 4.79 Å². The maximum Gasteiger partial charge on any atom is 0.347 e. The third-order valence-electron chi connectivity index (χ3n) is 8.54. The van der Waals surface area contributed by atoms with Gasteiger partial charge in [0.05, 0.1) is 7.11 Å². The zero-order chi connectivity index (χ0) is 32.0. The molecule has 0 heterocycles. The van der Waals surface area contributed by atoms with Crippen LogP contribution in [-0.2, 0) is 6.42 Å². The van der Waals surface area contributed by atoms with Crippen LogP contribution in [0.1, 0.15) is 145 Å². The molecule has 0 aliphatic heterocycles. The van der Waals surface area contributed by atoms with Crippen LogP contribution >= 0.6 is 0 Å². The summed E-state index contributed by atoms with van der Waals surface area (Å²) in [5.74, 6) is 0.729. The van der Waals surface area contributed by atoms with Crippen molar-refractivity contribution in [2.24, 2.45) is 5.41 Å². The third kappa shape index (κ3) is 14.6. The minimum atomic E-state index is -0.367. The van der Waals surface area contributed by atoms with Crippen LogP contribution < -0.4 is 9.47 Å². The first-order valence-corrected chi connectivity index (χ1v) is 17.3. The number of carbonyl (C=O) groups excluding carboxylic acids is 1. The summed E-state index contributed by atoms with van der Waals surface area (Å²) in [4.78, 5) is 13.3. The molecule has 242 valence electrons. The lowest BCUT2D eigenvalue weighted by atomic mass is 9.84. The topological polar surface area (TPSA) is 35.5 Å². The van der Waals surface area contributed by atoms with E-state index in [-0.39, 0.29) is 11.4 Å². The summed E-state index contributed by atoms with van der Waals surface area (Å²) in [7, 11) is 1.61. The van der Waals surface area contributed by atoms with Gasteiger partial charge in [-0.3, -0.25) is 0 Å². The number of rotatable bonds is 23. The Morgan fingerprint density at radius 2 is 1.43 bits per heavy atom. The van der Waals surface area contributed by atoms with Crippen molar-refractivity contribution in [2.75, 3.05) is 7.11 Å². The van der Waals surface area contributed by atoms with Crippen LogP contribution in [0.15, 0.2) is 72.8 Å². The van der Waals surface area contributed by atoms with Gasteiger partial charge in [-0.25, -0.2) is 4.79 Å². The number of carbonyl (C=O) groups is 1. The lowest BCUT2D eigenvalue weighted by Gasteiger charge is -2.20. The van der Waals surface area contributed by atoms with E-state index in [4.69, 9.17) is 9.47 Å². The quantitative estimate of drug-likeness (QED) is 0.0551. The maximum absolute atomic E-state index is 13.3. The molecule has 0 aliphatic rings. The summed E-state index contributed by atoms with van der Waals surface area (Å²) in [6.45, 7) is 12.8. The Kier molecular flexibility index (Phi) is 18.2. The van der Waals surface area contributed by atoms with E-state index in [1.165, 1.54) is 82.6 Å². The molecule has 2 rings (SSSR count). The van der Waals surface area contributed by atoms with Gasteiger partial charge in [0.25, 0.3) is 0 Å².